The lowest BCUT2D eigenvalue weighted by Crippen LogP contribution is -2.42. The molecule has 34 heavy (non-hydrogen) atoms. The van der Waals surface area contributed by atoms with Gasteiger partial charge in [0.15, 0.2) is 0 Å². The van der Waals surface area contributed by atoms with E-state index in [9.17, 15) is 14.4 Å². The number of rotatable bonds is 8. The number of alkyl carbamates (subject to hydrolysis) is 1. The number of aliphatic carboxylic acids is 1. The van der Waals surface area contributed by atoms with E-state index in [1.54, 1.807) is 0 Å². The fourth-order valence-corrected chi connectivity index (χ4v) is 5.56. The van der Waals surface area contributed by atoms with Gasteiger partial charge >= 0.3 is 12.1 Å². The van der Waals surface area contributed by atoms with Gasteiger partial charge in [0, 0.05) is 24.4 Å². The summed E-state index contributed by atoms with van der Waals surface area (Å²) in [7, 11) is 0. The summed E-state index contributed by atoms with van der Waals surface area (Å²) in [5, 5.41) is 12.1. The van der Waals surface area contributed by atoms with Gasteiger partial charge in [-0.2, -0.15) is 0 Å². The summed E-state index contributed by atoms with van der Waals surface area (Å²) in [5.74, 6) is -1.11. The molecule has 7 nitrogen and oxygen atoms in total. The Labute approximate surface area is 199 Å². The highest BCUT2D eigenvalue weighted by Crippen LogP contribution is 2.44. The molecular formula is C27H30N2O5. The van der Waals surface area contributed by atoms with Crippen LogP contribution in [0.5, 0.6) is 0 Å². The van der Waals surface area contributed by atoms with E-state index in [0.717, 1.165) is 32.1 Å². The van der Waals surface area contributed by atoms with E-state index in [2.05, 4.69) is 29.6 Å². The quantitative estimate of drug-likeness (QED) is 0.614. The Hall–Kier alpha value is -3.35. The van der Waals surface area contributed by atoms with Crippen molar-refractivity contribution in [3.05, 3.63) is 59.7 Å². The lowest BCUT2D eigenvalue weighted by atomic mass is 9.98. The number of fused-ring (bicyclic) bond motifs is 3. The third-order valence-corrected chi connectivity index (χ3v) is 7.36. The molecule has 2 amide bonds. The predicted molar refractivity (Wildman–Crippen MR) is 126 cm³/mol. The Morgan fingerprint density at radius 1 is 0.941 bits per heavy atom. The Morgan fingerprint density at radius 2 is 1.59 bits per heavy atom. The number of hydrogen-bond donors (Lipinski definition) is 2. The van der Waals surface area contributed by atoms with Gasteiger partial charge in [-0.05, 0) is 53.9 Å². The highest BCUT2D eigenvalue weighted by atomic mass is 16.5. The normalized spacial score (nSPS) is 20.9. The van der Waals surface area contributed by atoms with Crippen molar-refractivity contribution in [2.45, 2.75) is 56.5 Å². The highest BCUT2D eigenvalue weighted by molar-refractivity contribution is 5.82. The van der Waals surface area contributed by atoms with Crippen molar-refractivity contribution in [1.82, 2.24) is 10.2 Å². The topological polar surface area (TPSA) is 95.9 Å². The third-order valence-electron chi connectivity index (χ3n) is 7.36. The molecule has 178 valence electrons. The smallest absolute Gasteiger partial charge is 0.407 e. The summed E-state index contributed by atoms with van der Waals surface area (Å²) in [4.78, 5) is 38.2. The number of carboxylic acid groups (broad SMARTS) is 1. The molecule has 0 aliphatic heterocycles. The lowest BCUT2D eigenvalue weighted by molar-refractivity contribution is -0.145. The summed E-state index contributed by atoms with van der Waals surface area (Å²) in [5.41, 5.74) is 4.70. The fraction of sp³-hybridized carbons (Fsp3) is 0.444. The zero-order chi connectivity index (χ0) is 23.7. The Bertz CT molecular complexity index is 1050. The number of benzene rings is 2. The second-order valence-corrected chi connectivity index (χ2v) is 9.62. The van der Waals surface area contributed by atoms with Crippen molar-refractivity contribution < 1.29 is 24.2 Å². The van der Waals surface area contributed by atoms with E-state index in [1.807, 2.05) is 24.3 Å². The largest absolute Gasteiger partial charge is 0.480 e. The summed E-state index contributed by atoms with van der Waals surface area (Å²) < 4.78 is 5.68. The molecule has 2 aromatic rings. The molecule has 2 fully saturated rings. The molecule has 0 unspecified atom stereocenters. The predicted octanol–water partition coefficient (Wildman–Crippen LogP) is 4.16. The van der Waals surface area contributed by atoms with Gasteiger partial charge in [-0.15, -0.1) is 0 Å². The Balaban J connectivity index is 1.18. The number of carboxylic acids is 1. The molecular weight excluding hydrogens is 432 g/mol. The third kappa shape index (κ3) is 4.65. The first kappa shape index (κ1) is 22.4. The van der Waals surface area contributed by atoms with Crippen LogP contribution < -0.4 is 5.32 Å². The van der Waals surface area contributed by atoms with Gasteiger partial charge in [-0.1, -0.05) is 55.0 Å². The SMILES string of the molecule is O=C(O)CN(C(=O)C[C@@H]1CCC[C@H]1NC(=O)OCC1c2ccccc2-c2ccccc21)C1CC1. The Morgan fingerprint density at radius 3 is 2.21 bits per heavy atom. The van der Waals surface area contributed by atoms with Gasteiger partial charge in [0.05, 0.1) is 0 Å². The lowest BCUT2D eigenvalue weighted by Gasteiger charge is -2.25. The van der Waals surface area contributed by atoms with Crippen LogP contribution >= 0.6 is 0 Å². The van der Waals surface area contributed by atoms with Gasteiger partial charge in [-0.3, -0.25) is 9.59 Å². The summed E-state index contributed by atoms with van der Waals surface area (Å²) >= 11 is 0. The molecule has 2 N–H and O–H groups in total. The molecule has 5 rings (SSSR count). The van der Waals surface area contributed by atoms with Crippen LogP contribution in [0.2, 0.25) is 0 Å². The fourth-order valence-electron chi connectivity index (χ4n) is 5.56. The van der Waals surface area contributed by atoms with Gasteiger partial charge in [-0.25, -0.2) is 4.79 Å². The van der Waals surface area contributed by atoms with Crippen LogP contribution in [0.25, 0.3) is 11.1 Å². The number of nitrogens with zero attached hydrogens (tertiary/aromatic N) is 1. The number of carbonyl (C=O) groups excluding carboxylic acids is 2. The maximum absolute atomic E-state index is 12.8. The van der Waals surface area contributed by atoms with Gasteiger partial charge in [0.2, 0.25) is 5.91 Å². The molecule has 0 bridgehead atoms. The van der Waals surface area contributed by atoms with Crippen LogP contribution in [-0.2, 0) is 14.3 Å². The van der Waals surface area contributed by atoms with Gasteiger partial charge < -0.3 is 20.1 Å². The molecule has 2 aromatic carbocycles. The van der Waals surface area contributed by atoms with Crippen LogP contribution in [-0.4, -0.2) is 53.2 Å². The van der Waals surface area contributed by atoms with E-state index in [1.165, 1.54) is 27.2 Å². The molecule has 0 saturated heterocycles. The zero-order valence-corrected chi connectivity index (χ0v) is 19.1. The monoisotopic (exact) mass is 462 g/mol. The van der Waals surface area contributed by atoms with Crippen LogP contribution in [0.4, 0.5) is 4.79 Å². The minimum Gasteiger partial charge on any atom is -0.480 e. The van der Waals surface area contributed by atoms with E-state index in [-0.39, 0.29) is 49.4 Å². The molecule has 2 saturated carbocycles. The maximum atomic E-state index is 12.8. The highest BCUT2D eigenvalue weighted by Gasteiger charge is 2.37. The van der Waals surface area contributed by atoms with Crippen LogP contribution in [0.3, 0.4) is 0 Å². The van der Waals surface area contributed by atoms with E-state index < -0.39 is 12.1 Å². The second-order valence-electron chi connectivity index (χ2n) is 9.62. The van der Waals surface area contributed by atoms with E-state index >= 15 is 0 Å². The molecule has 7 heteroatoms. The standard InChI is InChI=1S/C27H30N2O5/c30-25(29(15-26(31)32)18-12-13-18)14-17-6-5-11-24(17)28-27(33)34-16-23-21-9-3-1-7-19(21)20-8-2-4-10-22(20)23/h1-4,7-10,17-18,23-24H,5-6,11-16H2,(H,28,33)(H,31,32)/t17-,24+/m0/s1. The number of ether oxygens (including phenoxy) is 1. The van der Waals surface area contributed by atoms with E-state index in [0.29, 0.717) is 0 Å². The van der Waals surface area contributed by atoms with Gasteiger partial charge in [0.1, 0.15) is 13.2 Å². The molecule has 3 aliphatic carbocycles. The van der Waals surface area contributed by atoms with Crippen molar-refractivity contribution in [2.24, 2.45) is 5.92 Å². The van der Waals surface area contributed by atoms with Crippen LogP contribution in [0, 0.1) is 5.92 Å². The van der Waals surface area contributed by atoms with Crippen molar-refractivity contribution >= 4 is 18.0 Å². The number of carbonyl (C=O) groups is 3. The zero-order valence-electron chi connectivity index (χ0n) is 19.1. The number of hydrogen-bond acceptors (Lipinski definition) is 4. The second kappa shape index (κ2) is 9.49. The van der Waals surface area contributed by atoms with Crippen molar-refractivity contribution in [3.8, 4) is 11.1 Å². The molecule has 0 heterocycles. The van der Waals surface area contributed by atoms with Crippen molar-refractivity contribution in [1.29, 1.82) is 0 Å². The first-order valence-electron chi connectivity index (χ1n) is 12.1. The van der Waals surface area contributed by atoms with Gasteiger partial charge in [0.25, 0.3) is 0 Å². The number of nitrogens with one attached hydrogen (secondary N) is 1. The van der Waals surface area contributed by atoms with Crippen molar-refractivity contribution in [2.75, 3.05) is 13.2 Å². The summed E-state index contributed by atoms with van der Waals surface area (Å²) in [6, 6.07) is 16.4. The minimum atomic E-state index is -0.986. The van der Waals surface area contributed by atoms with Crippen molar-refractivity contribution in [3.63, 3.8) is 0 Å². The Kier molecular flexibility index (Phi) is 6.26. The molecule has 0 aromatic heterocycles. The number of amides is 2. The average Bonchev–Trinajstić information content (AvgIpc) is 3.51. The first-order chi connectivity index (χ1) is 16.5. The average molecular weight is 463 g/mol. The van der Waals surface area contributed by atoms with Crippen LogP contribution in [0.1, 0.15) is 55.6 Å². The van der Waals surface area contributed by atoms with E-state index in [4.69, 9.17) is 9.84 Å². The molecule has 2 atom stereocenters. The van der Waals surface area contributed by atoms with Crippen LogP contribution in [0.15, 0.2) is 48.5 Å². The molecule has 0 spiro atoms. The minimum absolute atomic E-state index is 0.00206. The summed E-state index contributed by atoms with van der Waals surface area (Å²) in [6.07, 6.45) is 4.09. The first-order valence-corrected chi connectivity index (χ1v) is 12.1. The summed E-state index contributed by atoms with van der Waals surface area (Å²) in [6.45, 7) is 0.00490. The molecule has 0 radical (unpaired) electrons. The molecule has 3 aliphatic rings. The maximum Gasteiger partial charge on any atom is 0.407 e.